The van der Waals surface area contributed by atoms with Crippen LogP contribution in [0.1, 0.15) is 18.4 Å². The van der Waals surface area contributed by atoms with Crippen molar-refractivity contribution in [1.82, 2.24) is 15.0 Å². The highest BCUT2D eigenvalue weighted by atomic mass is 16.2. The molecule has 26 heavy (non-hydrogen) atoms. The Kier molecular flexibility index (Phi) is 4.48. The molecule has 1 aliphatic heterocycles. The number of rotatable bonds is 3. The molecule has 1 amide bonds. The van der Waals surface area contributed by atoms with Crippen molar-refractivity contribution < 1.29 is 4.79 Å². The van der Waals surface area contributed by atoms with Crippen molar-refractivity contribution in [2.75, 3.05) is 23.3 Å². The Hall–Kier alpha value is -3.02. The van der Waals surface area contributed by atoms with Crippen LogP contribution in [0, 0.1) is 12.8 Å². The molecule has 0 radical (unpaired) electrons. The minimum atomic E-state index is -0.0848. The molecule has 0 spiro atoms. The van der Waals surface area contributed by atoms with Crippen molar-refractivity contribution in [2.24, 2.45) is 5.92 Å². The van der Waals surface area contributed by atoms with Crippen LogP contribution in [-0.2, 0) is 4.79 Å². The van der Waals surface area contributed by atoms with Crippen molar-refractivity contribution in [3.63, 3.8) is 0 Å². The van der Waals surface area contributed by atoms with Crippen molar-refractivity contribution in [1.29, 1.82) is 0 Å². The quantitative estimate of drug-likeness (QED) is 0.788. The highest BCUT2D eigenvalue weighted by Crippen LogP contribution is 2.24. The molecule has 1 aliphatic rings. The topological polar surface area (TPSA) is 71.0 Å². The fraction of sp³-hybridized carbons (Fsp3) is 0.300. The Bertz CT molecular complexity index is 942. The molecule has 1 fully saturated rings. The number of nitrogens with zero attached hydrogens (tertiary/aromatic N) is 4. The van der Waals surface area contributed by atoms with E-state index < -0.39 is 0 Å². The van der Waals surface area contributed by atoms with Crippen LogP contribution in [0.3, 0.4) is 0 Å². The third-order valence-corrected chi connectivity index (χ3v) is 4.80. The average Bonchev–Trinajstić information content (AvgIpc) is 2.69. The van der Waals surface area contributed by atoms with Gasteiger partial charge in [0.25, 0.3) is 0 Å². The van der Waals surface area contributed by atoms with E-state index >= 15 is 0 Å². The molecule has 1 aromatic carbocycles. The van der Waals surface area contributed by atoms with Crippen molar-refractivity contribution in [2.45, 2.75) is 19.8 Å². The molecule has 0 saturated carbocycles. The van der Waals surface area contributed by atoms with Crippen molar-refractivity contribution in [3.8, 4) is 0 Å². The van der Waals surface area contributed by atoms with E-state index in [2.05, 4.69) is 20.2 Å². The zero-order valence-electron chi connectivity index (χ0n) is 14.7. The lowest BCUT2D eigenvalue weighted by atomic mass is 9.97. The summed E-state index contributed by atoms with van der Waals surface area (Å²) in [7, 11) is 0. The molecule has 1 N–H and O–H groups in total. The third kappa shape index (κ3) is 3.35. The first-order valence-electron chi connectivity index (χ1n) is 8.90. The molecule has 3 heterocycles. The zero-order chi connectivity index (χ0) is 17.9. The summed E-state index contributed by atoms with van der Waals surface area (Å²) in [6.07, 6.45) is 5.31. The number of anilines is 2. The van der Waals surface area contributed by atoms with Gasteiger partial charge in [0, 0.05) is 19.3 Å². The van der Waals surface area contributed by atoms with Crippen LogP contribution in [0.15, 0.2) is 48.8 Å². The Morgan fingerprint density at radius 2 is 2.00 bits per heavy atom. The molecule has 2 aromatic heterocycles. The molecule has 132 valence electrons. The molecular formula is C20H21N5O. The van der Waals surface area contributed by atoms with Gasteiger partial charge >= 0.3 is 0 Å². The standard InChI is InChI=1S/C20H21N5O/c1-14-6-4-10-21-19(14)24-20(26)15-7-5-11-25(13-15)18-12-22-16-8-2-3-9-17(16)23-18/h2-4,6,8-10,12,15H,5,7,11,13H2,1H3,(H,21,24,26). The van der Waals surface area contributed by atoms with Gasteiger partial charge < -0.3 is 10.2 Å². The van der Waals surface area contributed by atoms with Gasteiger partial charge in [0.2, 0.25) is 5.91 Å². The number of aryl methyl sites for hydroxylation is 1. The second-order valence-electron chi connectivity index (χ2n) is 6.66. The number of pyridine rings is 1. The van der Waals surface area contributed by atoms with Crippen LogP contribution in [-0.4, -0.2) is 33.9 Å². The van der Waals surface area contributed by atoms with Gasteiger partial charge in [-0.1, -0.05) is 18.2 Å². The number of carbonyl (C=O) groups excluding carboxylic acids is 1. The van der Waals surface area contributed by atoms with Crippen LogP contribution in [0.5, 0.6) is 0 Å². The maximum atomic E-state index is 12.7. The summed E-state index contributed by atoms with van der Waals surface area (Å²) in [4.78, 5) is 28.3. The number of para-hydroxylation sites is 2. The van der Waals surface area contributed by atoms with Crippen molar-refractivity contribution >= 4 is 28.6 Å². The zero-order valence-corrected chi connectivity index (χ0v) is 14.7. The van der Waals surface area contributed by atoms with E-state index in [0.717, 1.165) is 41.8 Å². The fourth-order valence-electron chi connectivity index (χ4n) is 3.33. The number of amides is 1. The minimum Gasteiger partial charge on any atom is -0.355 e. The van der Waals surface area contributed by atoms with Crippen LogP contribution in [0.4, 0.5) is 11.6 Å². The van der Waals surface area contributed by atoms with Gasteiger partial charge in [-0.2, -0.15) is 0 Å². The first-order chi connectivity index (χ1) is 12.7. The van der Waals surface area contributed by atoms with Gasteiger partial charge in [-0.05, 0) is 43.5 Å². The molecule has 1 saturated heterocycles. The summed E-state index contributed by atoms with van der Waals surface area (Å²) in [6.45, 7) is 3.48. The first kappa shape index (κ1) is 16.4. The highest BCUT2D eigenvalue weighted by Gasteiger charge is 2.27. The Morgan fingerprint density at radius 1 is 1.15 bits per heavy atom. The molecular weight excluding hydrogens is 326 g/mol. The number of nitrogens with one attached hydrogen (secondary N) is 1. The summed E-state index contributed by atoms with van der Waals surface area (Å²) in [5, 5.41) is 2.97. The summed E-state index contributed by atoms with van der Waals surface area (Å²) in [5.41, 5.74) is 2.72. The monoisotopic (exact) mass is 347 g/mol. The van der Waals surface area contributed by atoms with Gasteiger partial charge in [0.1, 0.15) is 11.6 Å². The lowest BCUT2D eigenvalue weighted by molar-refractivity contribution is -0.120. The number of piperidine rings is 1. The second-order valence-corrected chi connectivity index (χ2v) is 6.66. The van der Waals surface area contributed by atoms with Crippen molar-refractivity contribution in [3.05, 3.63) is 54.4 Å². The molecule has 4 rings (SSSR count). The third-order valence-electron chi connectivity index (χ3n) is 4.80. The summed E-state index contributed by atoms with van der Waals surface area (Å²) >= 11 is 0. The normalized spacial score (nSPS) is 17.3. The molecule has 6 nitrogen and oxygen atoms in total. The number of hydrogen-bond acceptors (Lipinski definition) is 5. The van der Waals surface area contributed by atoms with Crippen LogP contribution in [0.25, 0.3) is 11.0 Å². The van der Waals surface area contributed by atoms with Gasteiger partial charge in [-0.15, -0.1) is 0 Å². The largest absolute Gasteiger partial charge is 0.355 e. The molecule has 1 unspecified atom stereocenters. The lowest BCUT2D eigenvalue weighted by Gasteiger charge is -2.32. The van der Waals surface area contributed by atoms with E-state index in [-0.39, 0.29) is 11.8 Å². The van der Waals surface area contributed by atoms with E-state index in [4.69, 9.17) is 4.98 Å². The first-order valence-corrected chi connectivity index (χ1v) is 8.90. The minimum absolute atomic E-state index is 0.0187. The Labute approximate surface area is 152 Å². The number of fused-ring (bicyclic) bond motifs is 1. The smallest absolute Gasteiger partial charge is 0.230 e. The van der Waals surface area contributed by atoms with E-state index in [0.29, 0.717) is 12.4 Å². The number of carbonyl (C=O) groups is 1. The lowest BCUT2D eigenvalue weighted by Crippen LogP contribution is -2.41. The molecule has 3 aromatic rings. The number of benzene rings is 1. The molecule has 0 bridgehead atoms. The Balaban J connectivity index is 1.49. The number of aromatic nitrogens is 3. The highest BCUT2D eigenvalue weighted by molar-refractivity contribution is 5.92. The van der Waals surface area contributed by atoms with Gasteiger partial charge in [0.05, 0.1) is 23.1 Å². The molecule has 1 atom stereocenters. The summed E-state index contributed by atoms with van der Waals surface area (Å²) < 4.78 is 0. The second kappa shape index (κ2) is 7.07. The molecule has 6 heteroatoms. The number of hydrogen-bond donors (Lipinski definition) is 1. The van der Waals surface area contributed by atoms with Crippen LogP contribution < -0.4 is 10.2 Å². The summed E-state index contributed by atoms with van der Waals surface area (Å²) in [5.74, 6) is 1.40. The maximum Gasteiger partial charge on any atom is 0.230 e. The average molecular weight is 347 g/mol. The Morgan fingerprint density at radius 3 is 2.85 bits per heavy atom. The van der Waals surface area contributed by atoms with E-state index in [9.17, 15) is 4.79 Å². The summed E-state index contributed by atoms with van der Waals surface area (Å²) in [6, 6.07) is 11.6. The van der Waals surface area contributed by atoms with Gasteiger partial charge in [-0.25, -0.2) is 9.97 Å². The van der Waals surface area contributed by atoms with E-state index in [1.54, 1.807) is 12.4 Å². The van der Waals surface area contributed by atoms with E-state index in [1.807, 2.05) is 43.3 Å². The van der Waals surface area contributed by atoms with Crippen LogP contribution >= 0.6 is 0 Å². The van der Waals surface area contributed by atoms with Crippen LogP contribution in [0.2, 0.25) is 0 Å². The predicted molar refractivity (Wildman–Crippen MR) is 102 cm³/mol. The predicted octanol–water partition coefficient (Wildman–Crippen LogP) is 3.19. The van der Waals surface area contributed by atoms with E-state index in [1.165, 1.54) is 0 Å². The van der Waals surface area contributed by atoms with Gasteiger partial charge in [0.15, 0.2) is 0 Å². The SMILES string of the molecule is Cc1cccnc1NC(=O)C1CCCN(c2cnc3ccccc3n2)C1. The maximum absolute atomic E-state index is 12.7. The fourth-order valence-corrected chi connectivity index (χ4v) is 3.33. The molecule has 0 aliphatic carbocycles. The van der Waals surface area contributed by atoms with Gasteiger partial charge in [-0.3, -0.25) is 9.78 Å².